The first kappa shape index (κ1) is 20.8. The summed E-state index contributed by atoms with van der Waals surface area (Å²) in [5.74, 6) is 0.237. The van der Waals surface area contributed by atoms with Crippen LogP contribution in [0.2, 0.25) is 0 Å². The molecule has 4 rings (SSSR count). The molecule has 2 N–H and O–H groups in total. The van der Waals surface area contributed by atoms with Gasteiger partial charge in [0.05, 0.1) is 18.1 Å². The quantitative estimate of drug-likeness (QED) is 0.766. The van der Waals surface area contributed by atoms with Crippen LogP contribution in [0, 0.1) is 5.92 Å². The third-order valence-electron chi connectivity index (χ3n) is 7.28. The van der Waals surface area contributed by atoms with Crippen LogP contribution >= 0.6 is 0 Å². The van der Waals surface area contributed by atoms with Crippen LogP contribution in [-0.2, 0) is 11.3 Å². The number of carbonyl (C=O) groups is 1. The van der Waals surface area contributed by atoms with Crippen LogP contribution in [0.3, 0.4) is 0 Å². The molecule has 1 atom stereocenters. The average molecular weight is 401 g/mol. The summed E-state index contributed by atoms with van der Waals surface area (Å²) < 4.78 is 0. The Bertz CT molecular complexity index is 654. The number of likely N-dealkylation sites (tertiary alicyclic amines) is 2. The molecule has 1 amide bonds. The van der Waals surface area contributed by atoms with Crippen LogP contribution in [0.4, 0.5) is 0 Å². The Balaban J connectivity index is 1.26. The number of piperidine rings is 2. The summed E-state index contributed by atoms with van der Waals surface area (Å²) in [4.78, 5) is 22.2. The number of carbonyl (C=O) groups excluding carboxylic acids is 1. The minimum Gasteiger partial charge on any atom is -0.394 e. The number of hydrogen-bond acceptors (Lipinski definition) is 5. The SMILES string of the molecule is O=C(NC1(CO)CCCC1)[C@@H]1CCCN(C2CCN(Cc3cccnc3)CC2)C1. The first-order chi connectivity index (χ1) is 14.2. The molecule has 0 unspecified atom stereocenters. The van der Waals surface area contributed by atoms with Crippen molar-refractivity contribution in [2.75, 3.05) is 32.8 Å². The lowest BCUT2D eigenvalue weighted by Crippen LogP contribution is -2.55. The van der Waals surface area contributed by atoms with E-state index in [9.17, 15) is 9.90 Å². The summed E-state index contributed by atoms with van der Waals surface area (Å²) in [6, 6.07) is 4.75. The molecule has 3 fully saturated rings. The zero-order chi connectivity index (χ0) is 20.1. The molecule has 0 spiro atoms. The van der Waals surface area contributed by atoms with Crippen molar-refractivity contribution < 1.29 is 9.90 Å². The molecular formula is C23H36N4O2. The highest BCUT2D eigenvalue weighted by atomic mass is 16.3. The van der Waals surface area contributed by atoms with Gasteiger partial charge in [-0.05, 0) is 69.8 Å². The number of rotatable bonds is 6. The number of aliphatic hydroxyl groups is 1. The Labute approximate surface area is 174 Å². The molecule has 0 radical (unpaired) electrons. The fourth-order valence-corrected chi connectivity index (χ4v) is 5.48. The van der Waals surface area contributed by atoms with E-state index in [1.54, 1.807) is 0 Å². The van der Waals surface area contributed by atoms with Crippen molar-refractivity contribution in [1.82, 2.24) is 20.1 Å². The van der Waals surface area contributed by atoms with Crippen molar-refractivity contribution in [2.24, 2.45) is 5.92 Å². The van der Waals surface area contributed by atoms with Crippen molar-refractivity contribution in [2.45, 2.75) is 69.5 Å². The predicted molar refractivity (Wildman–Crippen MR) is 113 cm³/mol. The molecule has 1 aromatic heterocycles. The van der Waals surface area contributed by atoms with Crippen LogP contribution in [-0.4, -0.2) is 70.2 Å². The Kier molecular flexibility index (Phi) is 6.83. The maximum absolute atomic E-state index is 12.9. The molecular weight excluding hydrogens is 364 g/mol. The highest BCUT2D eigenvalue weighted by Crippen LogP contribution is 2.31. The minimum atomic E-state index is -0.350. The third-order valence-corrected chi connectivity index (χ3v) is 7.28. The lowest BCUT2D eigenvalue weighted by molar-refractivity contribution is -0.129. The summed E-state index contributed by atoms with van der Waals surface area (Å²) in [7, 11) is 0. The van der Waals surface area contributed by atoms with E-state index >= 15 is 0 Å². The van der Waals surface area contributed by atoms with Crippen LogP contribution in [0.5, 0.6) is 0 Å². The molecule has 3 heterocycles. The first-order valence-corrected chi connectivity index (χ1v) is 11.5. The summed E-state index contributed by atoms with van der Waals surface area (Å²) in [5, 5.41) is 13.1. The minimum absolute atomic E-state index is 0.0706. The summed E-state index contributed by atoms with van der Waals surface area (Å²) >= 11 is 0. The summed E-state index contributed by atoms with van der Waals surface area (Å²) in [5.41, 5.74) is 0.933. The van der Waals surface area contributed by atoms with Gasteiger partial charge in [-0.2, -0.15) is 0 Å². The van der Waals surface area contributed by atoms with Gasteiger partial charge in [0.15, 0.2) is 0 Å². The van der Waals surface area contributed by atoms with Crippen LogP contribution in [0.1, 0.15) is 56.9 Å². The van der Waals surface area contributed by atoms with Gasteiger partial charge in [0.1, 0.15) is 0 Å². The van der Waals surface area contributed by atoms with Gasteiger partial charge in [-0.1, -0.05) is 18.9 Å². The van der Waals surface area contributed by atoms with Gasteiger partial charge >= 0.3 is 0 Å². The molecule has 0 aromatic carbocycles. The Hall–Kier alpha value is -1.50. The molecule has 6 nitrogen and oxygen atoms in total. The topological polar surface area (TPSA) is 68.7 Å². The number of nitrogens with zero attached hydrogens (tertiary/aromatic N) is 3. The lowest BCUT2D eigenvalue weighted by atomic mass is 9.91. The van der Waals surface area contributed by atoms with Gasteiger partial charge < -0.3 is 10.4 Å². The van der Waals surface area contributed by atoms with Crippen molar-refractivity contribution in [3.8, 4) is 0 Å². The van der Waals surface area contributed by atoms with E-state index in [0.29, 0.717) is 6.04 Å². The average Bonchev–Trinajstić information content (AvgIpc) is 3.24. The third kappa shape index (κ3) is 5.16. The van der Waals surface area contributed by atoms with E-state index in [2.05, 4.69) is 26.2 Å². The van der Waals surface area contributed by atoms with Gasteiger partial charge in [0.2, 0.25) is 5.91 Å². The van der Waals surface area contributed by atoms with Gasteiger partial charge in [0.25, 0.3) is 0 Å². The molecule has 1 aromatic rings. The van der Waals surface area contributed by atoms with E-state index < -0.39 is 0 Å². The fourth-order valence-electron chi connectivity index (χ4n) is 5.48. The van der Waals surface area contributed by atoms with E-state index in [-0.39, 0.29) is 24.0 Å². The van der Waals surface area contributed by atoms with E-state index in [0.717, 1.165) is 71.2 Å². The highest BCUT2D eigenvalue weighted by molar-refractivity contribution is 5.79. The van der Waals surface area contributed by atoms with Crippen molar-refractivity contribution in [3.05, 3.63) is 30.1 Å². The van der Waals surface area contributed by atoms with E-state index in [1.165, 1.54) is 18.4 Å². The second-order valence-electron chi connectivity index (χ2n) is 9.34. The van der Waals surface area contributed by atoms with Crippen LogP contribution < -0.4 is 5.32 Å². The molecule has 2 saturated heterocycles. The standard InChI is InChI=1S/C23H36N4O2/c28-18-23(9-1-2-10-23)25-22(29)20-6-4-12-27(17-20)21-7-13-26(14-8-21)16-19-5-3-11-24-15-19/h3,5,11,15,20-21,28H,1-2,4,6-10,12-14,16-18H2,(H,25,29)/t20-/m1/s1. The smallest absolute Gasteiger partial charge is 0.224 e. The number of aromatic nitrogens is 1. The van der Waals surface area contributed by atoms with E-state index in [1.807, 2.05) is 18.5 Å². The molecule has 160 valence electrons. The zero-order valence-corrected chi connectivity index (χ0v) is 17.6. The maximum atomic E-state index is 12.9. The van der Waals surface area contributed by atoms with Crippen molar-refractivity contribution in [1.29, 1.82) is 0 Å². The normalized spacial score (nSPS) is 26.4. The Morgan fingerprint density at radius 1 is 1.17 bits per heavy atom. The molecule has 3 aliphatic rings. The highest BCUT2D eigenvalue weighted by Gasteiger charge is 2.38. The maximum Gasteiger partial charge on any atom is 0.224 e. The van der Waals surface area contributed by atoms with Gasteiger partial charge in [-0.15, -0.1) is 0 Å². The first-order valence-electron chi connectivity index (χ1n) is 11.5. The van der Waals surface area contributed by atoms with Crippen LogP contribution in [0.25, 0.3) is 0 Å². The van der Waals surface area contributed by atoms with Crippen LogP contribution in [0.15, 0.2) is 24.5 Å². The number of hydrogen-bond donors (Lipinski definition) is 2. The fraction of sp³-hybridized carbons (Fsp3) is 0.739. The molecule has 29 heavy (non-hydrogen) atoms. The zero-order valence-electron chi connectivity index (χ0n) is 17.6. The van der Waals surface area contributed by atoms with Gasteiger partial charge in [0, 0.05) is 31.5 Å². The van der Waals surface area contributed by atoms with Crippen molar-refractivity contribution >= 4 is 5.91 Å². The second-order valence-corrected chi connectivity index (χ2v) is 9.34. The lowest BCUT2D eigenvalue weighted by Gasteiger charge is -2.42. The van der Waals surface area contributed by atoms with E-state index in [4.69, 9.17) is 0 Å². The number of amides is 1. The molecule has 1 aliphatic carbocycles. The molecule has 6 heteroatoms. The van der Waals surface area contributed by atoms with Gasteiger partial charge in [-0.3, -0.25) is 19.6 Å². The second kappa shape index (κ2) is 9.54. The van der Waals surface area contributed by atoms with Crippen molar-refractivity contribution in [3.63, 3.8) is 0 Å². The van der Waals surface area contributed by atoms with Gasteiger partial charge in [-0.25, -0.2) is 0 Å². The molecule has 2 aliphatic heterocycles. The predicted octanol–water partition coefficient (Wildman–Crippen LogP) is 2.18. The number of pyridine rings is 1. The Morgan fingerprint density at radius 2 is 1.97 bits per heavy atom. The largest absolute Gasteiger partial charge is 0.394 e. The molecule has 1 saturated carbocycles. The number of nitrogens with one attached hydrogen (secondary N) is 1. The monoisotopic (exact) mass is 400 g/mol. The molecule has 0 bridgehead atoms. The summed E-state index contributed by atoms with van der Waals surface area (Å²) in [6.07, 6.45) is 12.3. The summed E-state index contributed by atoms with van der Waals surface area (Å²) in [6.45, 7) is 5.27. The number of aliphatic hydroxyl groups excluding tert-OH is 1. The Morgan fingerprint density at radius 3 is 2.66 bits per heavy atom.